The molecule has 2 aromatic heterocycles. The SMILES string of the molecule is CNC(=O)c1nc2c(NCCCC(O)c3ccccc3)ncnc2s1. The molecule has 3 rings (SSSR count). The number of carbonyl (C=O) groups is 1. The zero-order valence-corrected chi connectivity index (χ0v) is 14.6. The monoisotopic (exact) mass is 357 g/mol. The normalized spacial score (nSPS) is 12.1. The largest absolute Gasteiger partial charge is 0.388 e. The number of rotatable bonds is 7. The molecule has 2 heterocycles. The minimum Gasteiger partial charge on any atom is -0.388 e. The molecule has 0 saturated heterocycles. The summed E-state index contributed by atoms with van der Waals surface area (Å²) >= 11 is 1.23. The summed E-state index contributed by atoms with van der Waals surface area (Å²) < 4.78 is 0. The Morgan fingerprint density at radius 2 is 2.08 bits per heavy atom. The Morgan fingerprint density at radius 3 is 2.84 bits per heavy atom. The molecular formula is C17H19N5O2S. The summed E-state index contributed by atoms with van der Waals surface area (Å²) in [6, 6.07) is 9.60. The van der Waals surface area contributed by atoms with E-state index < -0.39 is 6.10 Å². The van der Waals surface area contributed by atoms with Crippen molar-refractivity contribution in [3.8, 4) is 0 Å². The first-order valence-electron chi connectivity index (χ1n) is 7.99. The first-order valence-corrected chi connectivity index (χ1v) is 8.81. The van der Waals surface area contributed by atoms with Crippen LogP contribution in [0.2, 0.25) is 0 Å². The van der Waals surface area contributed by atoms with Gasteiger partial charge in [0.25, 0.3) is 5.91 Å². The van der Waals surface area contributed by atoms with Crippen molar-refractivity contribution < 1.29 is 9.90 Å². The van der Waals surface area contributed by atoms with Crippen LogP contribution >= 0.6 is 11.3 Å². The van der Waals surface area contributed by atoms with Crippen LogP contribution in [0.3, 0.4) is 0 Å². The van der Waals surface area contributed by atoms with E-state index in [0.717, 1.165) is 12.0 Å². The van der Waals surface area contributed by atoms with Gasteiger partial charge in [-0.1, -0.05) is 41.7 Å². The van der Waals surface area contributed by atoms with Crippen LogP contribution in [0.25, 0.3) is 10.3 Å². The molecule has 1 amide bonds. The molecule has 7 nitrogen and oxygen atoms in total. The van der Waals surface area contributed by atoms with Gasteiger partial charge in [-0.15, -0.1) is 0 Å². The minimum atomic E-state index is -0.479. The molecule has 25 heavy (non-hydrogen) atoms. The van der Waals surface area contributed by atoms with Gasteiger partial charge in [-0.2, -0.15) is 0 Å². The van der Waals surface area contributed by atoms with Gasteiger partial charge in [-0.3, -0.25) is 4.79 Å². The molecule has 0 spiro atoms. The van der Waals surface area contributed by atoms with E-state index in [1.165, 1.54) is 17.7 Å². The lowest BCUT2D eigenvalue weighted by Gasteiger charge is -2.11. The molecule has 0 aliphatic rings. The summed E-state index contributed by atoms with van der Waals surface area (Å²) in [5, 5.41) is 16.3. The first kappa shape index (κ1) is 17.2. The summed E-state index contributed by atoms with van der Waals surface area (Å²) in [7, 11) is 1.57. The first-order chi connectivity index (χ1) is 12.2. The molecule has 0 fully saturated rings. The quantitative estimate of drug-likeness (QED) is 0.561. The van der Waals surface area contributed by atoms with E-state index in [4.69, 9.17) is 0 Å². The van der Waals surface area contributed by atoms with Gasteiger partial charge in [0.05, 0.1) is 6.10 Å². The highest BCUT2D eigenvalue weighted by atomic mass is 32.1. The summed E-state index contributed by atoms with van der Waals surface area (Å²) in [6.07, 6.45) is 2.39. The number of aliphatic hydroxyl groups excluding tert-OH is 1. The number of benzene rings is 1. The third kappa shape index (κ3) is 4.09. The van der Waals surface area contributed by atoms with Crippen LogP contribution in [0, 0.1) is 0 Å². The molecule has 1 aromatic carbocycles. The molecule has 0 radical (unpaired) electrons. The highest BCUT2D eigenvalue weighted by molar-refractivity contribution is 7.19. The second-order valence-electron chi connectivity index (χ2n) is 5.47. The lowest BCUT2D eigenvalue weighted by molar-refractivity contribution is 0.0963. The van der Waals surface area contributed by atoms with E-state index in [-0.39, 0.29) is 5.91 Å². The van der Waals surface area contributed by atoms with E-state index in [0.29, 0.717) is 34.1 Å². The van der Waals surface area contributed by atoms with Gasteiger partial charge >= 0.3 is 0 Å². The Bertz CT molecular complexity index is 853. The number of aliphatic hydroxyl groups is 1. The molecule has 0 bridgehead atoms. The van der Waals surface area contributed by atoms with Gasteiger partial charge in [-0.05, 0) is 18.4 Å². The van der Waals surface area contributed by atoms with Crippen LogP contribution in [0.15, 0.2) is 36.7 Å². The van der Waals surface area contributed by atoms with Crippen molar-refractivity contribution in [3.05, 3.63) is 47.2 Å². The molecule has 1 unspecified atom stereocenters. The van der Waals surface area contributed by atoms with Crippen LogP contribution < -0.4 is 10.6 Å². The highest BCUT2D eigenvalue weighted by Gasteiger charge is 2.15. The zero-order chi connectivity index (χ0) is 17.6. The molecule has 1 atom stereocenters. The molecule has 0 saturated carbocycles. The summed E-state index contributed by atoms with van der Waals surface area (Å²) in [6.45, 7) is 0.642. The average Bonchev–Trinajstić information content (AvgIpc) is 3.10. The molecule has 130 valence electrons. The van der Waals surface area contributed by atoms with E-state index in [1.807, 2.05) is 30.3 Å². The van der Waals surface area contributed by atoms with E-state index >= 15 is 0 Å². The van der Waals surface area contributed by atoms with E-state index in [9.17, 15) is 9.90 Å². The Labute approximate surface area is 149 Å². The van der Waals surface area contributed by atoms with Crippen LogP contribution in [-0.2, 0) is 0 Å². The standard InChI is InChI=1S/C17H19N5O2S/c1-18-15(24)17-22-13-14(20-10-21-16(13)25-17)19-9-5-8-12(23)11-6-3-2-4-7-11/h2-4,6-7,10,12,23H,5,8-9H2,1H3,(H,18,24)(H,19,20,21). The molecule has 0 aliphatic carbocycles. The molecular weight excluding hydrogens is 338 g/mol. The number of thiazole rings is 1. The fourth-order valence-corrected chi connectivity index (χ4v) is 3.29. The number of nitrogens with one attached hydrogen (secondary N) is 2. The lowest BCUT2D eigenvalue weighted by atomic mass is 10.1. The van der Waals surface area contributed by atoms with Gasteiger partial charge in [0.2, 0.25) is 0 Å². The fraction of sp³-hybridized carbons (Fsp3) is 0.294. The Morgan fingerprint density at radius 1 is 1.28 bits per heavy atom. The number of hydrogen-bond donors (Lipinski definition) is 3. The van der Waals surface area contributed by atoms with Gasteiger partial charge in [0, 0.05) is 13.6 Å². The maximum absolute atomic E-state index is 11.7. The zero-order valence-electron chi connectivity index (χ0n) is 13.8. The second kappa shape index (κ2) is 8.00. The van der Waals surface area contributed by atoms with Gasteiger partial charge in [0.15, 0.2) is 10.8 Å². The van der Waals surface area contributed by atoms with Gasteiger partial charge < -0.3 is 15.7 Å². The van der Waals surface area contributed by atoms with Gasteiger partial charge in [0.1, 0.15) is 16.7 Å². The van der Waals surface area contributed by atoms with Crippen molar-refractivity contribution in [1.82, 2.24) is 20.3 Å². The molecule has 0 aliphatic heterocycles. The number of nitrogens with zero attached hydrogens (tertiary/aromatic N) is 3. The maximum atomic E-state index is 11.7. The predicted molar refractivity (Wildman–Crippen MR) is 97.7 cm³/mol. The Balaban J connectivity index is 1.60. The molecule has 3 N–H and O–H groups in total. The summed E-state index contributed by atoms with van der Waals surface area (Å²) in [4.78, 5) is 25.1. The predicted octanol–water partition coefficient (Wildman–Crippen LogP) is 2.37. The fourth-order valence-electron chi connectivity index (χ4n) is 2.43. The average molecular weight is 357 g/mol. The summed E-state index contributed by atoms with van der Waals surface area (Å²) in [5.74, 6) is 0.366. The smallest absolute Gasteiger partial charge is 0.280 e. The number of aromatic nitrogens is 3. The third-order valence-corrected chi connectivity index (χ3v) is 4.71. The molecule has 3 aromatic rings. The number of anilines is 1. The van der Waals surface area contributed by atoms with Gasteiger partial charge in [-0.25, -0.2) is 15.0 Å². The number of carbonyl (C=O) groups excluding carboxylic acids is 1. The van der Waals surface area contributed by atoms with Crippen LogP contribution in [0.1, 0.15) is 34.3 Å². The maximum Gasteiger partial charge on any atom is 0.280 e. The van der Waals surface area contributed by atoms with E-state index in [1.54, 1.807) is 7.05 Å². The topological polar surface area (TPSA) is 100 Å². The van der Waals surface area contributed by atoms with Crippen LogP contribution in [0.5, 0.6) is 0 Å². The Hall–Kier alpha value is -2.58. The number of fused-ring (bicyclic) bond motifs is 1. The van der Waals surface area contributed by atoms with Crippen molar-refractivity contribution in [1.29, 1.82) is 0 Å². The minimum absolute atomic E-state index is 0.236. The molecule has 8 heteroatoms. The third-order valence-electron chi connectivity index (χ3n) is 3.75. The lowest BCUT2D eigenvalue weighted by Crippen LogP contribution is -2.17. The number of hydrogen-bond acceptors (Lipinski definition) is 7. The second-order valence-corrected chi connectivity index (χ2v) is 6.45. The van der Waals surface area contributed by atoms with Crippen LogP contribution in [0.4, 0.5) is 5.82 Å². The van der Waals surface area contributed by atoms with Crippen molar-refractivity contribution in [2.24, 2.45) is 0 Å². The van der Waals surface area contributed by atoms with Crippen molar-refractivity contribution in [2.75, 3.05) is 18.9 Å². The van der Waals surface area contributed by atoms with Crippen LogP contribution in [-0.4, -0.2) is 39.6 Å². The van der Waals surface area contributed by atoms with Crippen molar-refractivity contribution in [3.63, 3.8) is 0 Å². The van der Waals surface area contributed by atoms with E-state index in [2.05, 4.69) is 25.6 Å². The van der Waals surface area contributed by atoms with Crippen molar-refractivity contribution >= 4 is 33.4 Å². The summed E-state index contributed by atoms with van der Waals surface area (Å²) in [5.41, 5.74) is 1.51. The number of amides is 1. The van der Waals surface area contributed by atoms with Crippen molar-refractivity contribution in [2.45, 2.75) is 18.9 Å². The Kier molecular flexibility index (Phi) is 5.52. The highest BCUT2D eigenvalue weighted by Crippen LogP contribution is 2.25.